The van der Waals surface area contributed by atoms with Crippen molar-refractivity contribution in [3.63, 3.8) is 0 Å². The average molecular weight is 466 g/mol. The van der Waals surface area contributed by atoms with Crippen molar-refractivity contribution in [2.45, 2.75) is 25.8 Å². The van der Waals surface area contributed by atoms with Gasteiger partial charge in [-0.25, -0.2) is 0 Å². The number of carbonyl (C=O) groups excluding carboxylic acids is 2. The van der Waals surface area contributed by atoms with Gasteiger partial charge in [0.2, 0.25) is 5.91 Å². The Morgan fingerprint density at radius 1 is 0.882 bits per heavy atom. The number of benzene rings is 2. The second-order valence-electron chi connectivity index (χ2n) is 8.96. The van der Waals surface area contributed by atoms with Gasteiger partial charge in [0.15, 0.2) is 0 Å². The van der Waals surface area contributed by atoms with Gasteiger partial charge in [-0.3, -0.25) is 14.5 Å². The molecule has 2 aromatic rings. The minimum Gasteiger partial charge on any atom is -0.497 e. The van der Waals surface area contributed by atoms with Crippen LogP contribution in [0.15, 0.2) is 48.5 Å². The number of amides is 2. The summed E-state index contributed by atoms with van der Waals surface area (Å²) in [5, 5.41) is 0. The van der Waals surface area contributed by atoms with Crippen molar-refractivity contribution < 1.29 is 19.1 Å². The lowest BCUT2D eigenvalue weighted by atomic mass is 10.1. The van der Waals surface area contributed by atoms with Crippen LogP contribution in [0, 0.1) is 0 Å². The number of hydrogen-bond acceptors (Lipinski definition) is 5. The maximum atomic E-state index is 13.2. The fourth-order valence-electron chi connectivity index (χ4n) is 4.57. The summed E-state index contributed by atoms with van der Waals surface area (Å²) in [5.74, 6) is 1.02. The zero-order chi connectivity index (χ0) is 23.8. The Bertz CT molecular complexity index is 957. The minimum atomic E-state index is 0.0522. The van der Waals surface area contributed by atoms with Crippen LogP contribution in [0.2, 0.25) is 0 Å². The third kappa shape index (κ3) is 6.58. The molecule has 2 aliphatic heterocycles. The van der Waals surface area contributed by atoms with E-state index in [1.165, 1.54) is 0 Å². The van der Waals surface area contributed by atoms with Gasteiger partial charge < -0.3 is 19.3 Å². The second-order valence-corrected chi connectivity index (χ2v) is 8.96. The van der Waals surface area contributed by atoms with Gasteiger partial charge in [0.25, 0.3) is 5.91 Å². The van der Waals surface area contributed by atoms with Crippen LogP contribution in [0.1, 0.15) is 34.3 Å². The van der Waals surface area contributed by atoms with E-state index in [1.54, 1.807) is 7.11 Å². The molecule has 182 valence electrons. The van der Waals surface area contributed by atoms with Crippen LogP contribution in [-0.4, -0.2) is 86.1 Å². The lowest BCUT2D eigenvalue weighted by Crippen LogP contribution is -2.37. The Morgan fingerprint density at radius 2 is 1.62 bits per heavy atom. The Hall–Kier alpha value is -2.90. The summed E-state index contributed by atoms with van der Waals surface area (Å²) < 4.78 is 10.6. The SMILES string of the molecule is COc1ccc(CCC(=O)N2CCCN(C(=O)c3cccc(CN4CCOCC4)c3)CC2)cc1. The quantitative estimate of drug-likeness (QED) is 0.629. The van der Waals surface area contributed by atoms with Gasteiger partial charge >= 0.3 is 0 Å². The average Bonchev–Trinajstić information content (AvgIpc) is 3.14. The molecule has 0 bridgehead atoms. The molecule has 0 aliphatic carbocycles. The molecule has 0 aromatic heterocycles. The molecule has 2 saturated heterocycles. The van der Waals surface area contributed by atoms with Gasteiger partial charge in [0, 0.05) is 57.8 Å². The zero-order valence-electron chi connectivity index (χ0n) is 20.1. The normalized spacial score (nSPS) is 17.3. The molecular weight excluding hydrogens is 430 g/mol. The molecule has 4 rings (SSSR count). The molecule has 2 aromatic carbocycles. The topological polar surface area (TPSA) is 62.3 Å². The lowest BCUT2D eigenvalue weighted by molar-refractivity contribution is -0.131. The summed E-state index contributed by atoms with van der Waals surface area (Å²) in [6.45, 7) is 6.74. The maximum Gasteiger partial charge on any atom is 0.253 e. The predicted octanol–water partition coefficient (Wildman–Crippen LogP) is 2.83. The van der Waals surface area contributed by atoms with Crippen LogP contribution >= 0.6 is 0 Å². The first-order chi connectivity index (χ1) is 16.6. The highest BCUT2D eigenvalue weighted by molar-refractivity contribution is 5.94. The molecule has 0 saturated carbocycles. The molecule has 7 heteroatoms. The van der Waals surface area contributed by atoms with Crippen molar-refractivity contribution in [2.24, 2.45) is 0 Å². The van der Waals surface area contributed by atoms with Crippen molar-refractivity contribution in [3.05, 3.63) is 65.2 Å². The van der Waals surface area contributed by atoms with E-state index in [-0.39, 0.29) is 11.8 Å². The standard InChI is InChI=1S/C27H35N3O4/c1-33-25-9-6-22(7-10-25)8-11-26(31)29-12-3-13-30(15-14-29)27(32)24-5-2-4-23(20-24)21-28-16-18-34-19-17-28/h2,4-7,9-10,20H,3,8,11-19,21H2,1H3. The Kier molecular flexibility index (Phi) is 8.55. The maximum absolute atomic E-state index is 13.2. The number of aryl methyl sites for hydroxylation is 1. The number of morpholine rings is 1. The minimum absolute atomic E-state index is 0.0522. The largest absolute Gasteiger partial charge is 0.497 e. The van der Waals surface area contributed by atoms with Crippen molar-refractivity contribution in [2.75, 3.05) is 59.6 Å². The number of carbonyl (C=O) groups is 2. The van der Waals surface area contributed by atoms with E-state index in [0.717, 1.165) is 61.7 Å². The molecule has 0 unspecified atom stereocenters. The van der Waals surface area contributed by atoms with Crippen molar-refractivity contribution >= 4 is 11.8 Å². The summed E-state index contributed by atoms with van der Waals surface area (Å²) in [5.41, 5.74) is 3.00. The number of ether oxygens (including phenoxy) is 2. The molecule has 34 heavy (non-hydrogen) atoms. The molecule has 2 heterocycles. The zero-order valence-corrected chi connectivity index (χ0v) is 20.1. The van der Waals surface area contributed by atoms with E-state index in [4.69, 9.17) is 9.47 Å². The number of nitrogens with zero attached hydrogens (tertiary/aromatic N) is 3. The summed E-state index contributed by atoms with van der Waals surface area (Å²) in [4.78, 5) is 32.2. The fourth-order valence-corrected chi connectivity index (χ4v) is 4.57. The van der Waals surface area contributed by atoms with Crippen LogP contribution in [0.3, 0.4) is 0 Å². The van der Waals surface area contributed by atoms with Gasteiger partial charge in [-0.2, -0.15) is 0 Å². The van der Waals surface area contributed by atoms with Crippen molar-refractivity contribution in [3.8, 4) is 5.75 Å². The highest BCUT2D eigenvalue weighted by Crippen LogP contribution is 2.16. The lowest BCUT2D eigenvalue weighted by Gasteiger charge is -2.27. The molecule has 2 aliphatic rings. The molecule has 0 spiro atoms. The highest BCUT2D eigenvalue weighted by Gasteiger charge is 2.23. The smallest absolute Gasteiger partial charge is 0.253 e. The van der Waals surface area contributed by atoms with E-state index in [1.807, 2.05) is 52.3 Å². The van der Waals surface area contributed by atoms with Gasteiger partial charge in [0.05, 0.1) is 20.3 Å². The summed E-state index contributed by atoms with van der Waals surface area (Å²) in [6, 6.07) is 15.8. The number of rotatable bonds is 7. The van der Waals surface area contributed by atoms with Gasteiger partial charge in [-0.15, -0.1) is 0 Å². The Labute approximate surface area is 202 Å². The number of methoxy groups -OCH3 is 1. The van der Waals surface area contributed by atoms with Crippen LogP contribution in [0.4, 0.5) is 0 Å². The van der Waals surface area contributed by atoms with Crippen molar-refractivity contribution in [1.29, 1.82) is 0 Å². The molecule has 7 nitrogen and oxygen atoms in total. The molecule has 2 amide bonds. The van der Waals surface area contributed by atoms with Crippen LogP contribution in [-0.2, 0) is 22.5 Å². The van der Waals surface area contributed by atoms with Crippen LogP contribution in [0.5, 0.6) is 5.75 Å². The molecular formula is C27H35N3O4. The van der Waals surface area contributed by atoms with E-state index >= 15 is 0 Å². The van der Waals surface area contributed by atoms with Crippen molar-refractivity contribution in [1.82, 2.24) is 14.7 Å². The highest BCUT2D eigenvalue weighted by atomic mass is 16.5. The summed E-state index contributed by atoms with van der Waals surface area (Å²) >= 11 is 0. The van der Waals surface area contributed by atoms with Gasteiger partial charge in [-0.05, 0) is 48.2 Å². The monoisotopic (exact) mass is 465 g/mol. The van der Waals surface area contributed by atoms with E-state index in [9.17, 15) is 9.59 Å². The summed E-state index contributed by atoms with van der Waals surface area (Å²) in [6.07, 6.45) is 1.98. The van der Waals surface area contributed by atoms with Gasteiger partial charge in [0.1, 0.15) is 5.75 Å². The van der Waals surface area contributed by atoms with Crippen LogP contribution in [0.25, 0.3) is 0 Å². The molecule has 0 atom stereocenters. The molecule has 0 radical (unpaired) electrons. The third-order valence-corrected chi connectivity index (χ3v) is 6.61. The third-order valence-electron chi connectivity index (χ3n) is 6.61. The first kappa shape index (κ1) is 24.2. The second kappa shape index (κ2) is 12.0. The number of hydrogen-bond donors (Lipinski definition) is 0. The van der Waals surface area contributed by atoms with E-state index in [0.29, 0.717) is 39.0 Å². The fraction of sp³-hybridized carbons (Fsp3) is 0.481. The predicted molar refractivity (Wildman–Crippen MR) is 131 cm³/mol. The van der Waals surface area contributed by atoms with Crippen LogP contribution < -0.4 is 4.74 Å². The van der Waals surface area contributed by atoms with E-state index < -0.39 is 0 Å². The Balaban J connectivity index is 1.28. The summed E-state index contributed by atoms with van der Waals surface area (Å²) in [7, 11) is 1.65. The molecule has 0 N–H and O–H groups in total. The Morgan fingerprint density at radius 3 is 2.38 bits per heavy atom. The van der Waals surface area contributed by atoms with Gasteiger partial charge in [-0.1, -0.05) is 24.3 Å². The first-order valence-corrected chi connectivity index (χ1v) is 12.2. The first-order valence-electron chi connectivity index (χ1n) is 12.2. The molecule has 2 fully saturated rings. The van der Waals surface area contributed by atoms with E-state index in [2.05, 4.69) is 11.0 Å².